The molecule has 0 N–H and O–H groups in total. The molecule has 1 rings (SSSR count). The van der Waals surface area contributed by atoms with E-state index in [0.717, 1.165) is 0 Å². The van der Waals surface area contributed by atoms with Crippen LogP contribution in [-0.2, 0) is 12.8 Å². The molecule has 0 aliphatic carbocycles. The summed E-state index contributed by atoms with van der Waals surface area (Å²) in [7, 11) is 0. The first kappa shape index (κ1) is 35.8. The Morgan fingerprint density at radius 3 is 0.719 bits per heavy atom. The van der Waals surface area contributed by atoms with Crippen LogP contribution in [-0.4, -0.2) is 0 Å². The third kappa shape index (κ3) is 19.9. The van der Waals surface area contributed by atoms with Crippen LogP contribution in [0.4, 0.5) is 0 Å². The van der Waals surface area contributed by atoms with Crippen molar-refractivity contribution in [3.05, 3.63) is 35.4 Å². The van der Waals surface area contributed by atoms with Gasteiger partial charge < -0.3 is 0 Å². The first-order valence-electron chi connectivity index (χ1n) is 14.2. The molecule has 32 heavy (non-hydrogen) atoms. The Bertz CT molecular complexity index is 398. The van der Waals surface area contributed by atoms with E-state index in [0.29, 0.717) is 10.8 Å². The zero-order chi connectivity index (χ0) is 25.5. The normalized spacial score (nSPS) is 10.8. The van der Waals surface area contributed by atoms with Crippen molar-refractivity contribution in [1.29, 1.82) is 0 Å². The number of hydrogen-bond acceptors (Lipinski definition) is 0. The quantitative estimate of drug-likeness (QED) is 0.315. The molecule has 0 spiro atoms. The van der Waals surface area contributed by atoms with Gasteiger partial charge in [-0.3, -0.25) is 0 Å². The lowest BCUT2D eigenvalue weighted by Gasteiger charge is -2.23. The summed E-state index contributed by atoms with van der Waals surface area (Å²) in [6.07, 6.45) is 15.5. The Kier molecular flexibility index (Phi) is 26.2. The zero-order valence-electron chi connectivity index (χ0n) is 24.8. The maximum atomic E-state index is 2.35. The highest BCUT2D eigenvalue weighted by atomic mass is 14.2. The number of hydrogen-bond donors (Lipinski definition) is 0. The van der Waals surface area contributed by atoms with E-state index in [1.165, 1.54) is 88.2 Å². The second kappa shape index (κ2) is 23.4. The summed E-state index contributed by atoms with van der Waals surface area (Å²) < 4.78 is 0. The van der Waals surface area contributed by atoms with Gasteiger partial charge >= 0.3 is 0 Å². The van der Waals surface area contributed by atoms with Crippen molar-refractivity contribution in [2.24, 2.45) is 10.8 Å². The Balaban J connectivity index is -0.000000374. The largest absolute Gasteiger partial charge is 0.0654 e. The second-order valence-corrected chi connectivity index (χ2v) is 10.1. The highest BCUT2D eigenvalue weighted by Crippen LogP contribution is 2.29. The summed E-state index contributed by atoms with van der Waals surface area (Å²) in [6.45, 7) is 27.1. The van der Waals surface area contributed by atoms with Gasteiger partial charge in [0.1, 0.15) is 0 Å². The standard InChI is InChI=1S/C12H18.2C8H18.C4H10/c1-3-5-11-7-9-12(6-4-2)10-8-11;2*1-5-8(4,6-2)7-3;1-3-4-2/h7-10H,3-6H2,1-2H3;2*5-7H2,1-4H3;3-4H2,1-2H3. The van der Waals surface area contributed by atoms with E-state index in [4.69, 9.17) is 0 Å². The minimum absolute atomic E-state index is 0.625. The monoisotopic (exact) mass is 449 g/mol. The van der Waals surface area contributed by atoms with Crippen molar-refractivity contribution in [2.75, 3.05) is 0 Å². The summed E-state index contributed by atoms with van der Waals surface area (Å²) in [4.78, 5) is 0. The number of aryl methyl sites for hydroxylation is 2. The molecular formula is C32H64. The van der Waals surface area contributed by atoms with Crippen molar-refractivity contribution in [3.8, 4) is 0 Å². The Labute approximate surface area is 206 Å². The summed E-state index contributed by atoms with van der Waals surface area (Å²) in [5.41, 5.74) is 4.19. The molecule has 0 aromatic heterocycles. The average molecular weight is 449 g/mol. The van der Waals surface area contributed by atoms with Crippen LogP contribution in [0.1, 0.15) is 158 Å². The molecule has 0 radical (unpaired) electrons. The fourth-order valence-electron chi connectivity index (χ4n) is 2.95. The minimum atomic E-state index is 0.625. The van der Waals surface area contributed by atoms with E-state index in [2.05, 4.69) is 107 Å². The van der Waals surface area contributed by atoms with E-state index < -0.39 is 0 Å². The van der Waals surface area contributed by atoms with Gasteiger partial charge in [0.05, 0.1) is 0 Å². The van der Waals surface area contributed by atoms with Crippen LogP contribution >= 0.6 is 0 Å². The van der Waals surface area contributed by atoms with Crippen LogP contribution in [0, 0.1) is 10.8 Å². The zero-order valence-corrected chi connectivity index (χ0v) is 24.8. The molecular weight excluding hydrogens is 384 g/mol. The van der Waals surface area contributed by atoms with Crippen LogP contribution in [0.2, 0.25) is 0 Å². The highest BCUT2D eigenvalue weighted by molar-refractivity contribution is 5.22. The molecule has 1 aromatic rings. The van der Waals surface area contributed by atoms with Gasteiger partial charge in [0.25, 0.3) is 0 Å². The van der Waals surface area contributed by atoms with Crippen molar-refractivity contribution in [2.45, 2.75) is 160 Å². The predicted octanol–water partition coefficient (Wildman–Crippen LogP) is 11.8. The molecule has 0 heteroatoms. The summed E-state index contributed by atoms with van der Waals surface area (Å²) in [5.74, 6) is 0. The minimum Gasteiger partial charge on any atom is -0.0654 e. The lowest BCUT2D eigenvalue weighted by Crippen LogP contribution is -2.10. The van der Waals surface area contributed by atoms with Gasteiger partial charge in [-0.05, 0) is 34.8 Å². The second-order valence-electron chi connectivity index (χ2n) is 10.1. The van der Waals surface area contributed by atoms with Gasteiger partial charge in [-0.2, -0.15) is 0 Å². The molecule has 0 aliphatic rings. The maximum absolute atomic E-state index is 2.35. The molecule has 1 aromatic carbocycles. The first-order valence-corrected chi connectivity index (χ1v) is 14.2. The lowest BCUT2D eigenvalue weighted by atomic mass is 9.82. The van der Waals surface area contributed by atoms with E-state index in [1.807, 2.05) is 0 Å². The van der Waals surface area contributed by atoms with E-state index in [-0.39, 0.29) is 0 Å². The third-order valence-corrected chi connectivity index (χ3v) is 7.72. The Hall–Kier alpha value is -0.780. The highest BCUT2D eigenvalue weighted by Gasteiger charge is 2.15. The van der Waals surface area contributed by atoms with Crippen molar-refractivity contribution >= 4 is 0 Å². The molecule has 0 saturated carbocycles. The average Bonchev–Trinajstić information content (AvgIpc) is 2.85. The first-order chi connectivity index (χ1) is 15.1. The van der Waals surface area contributed by atoms with Gasteiger partial charge in [0, 0.05) is 0 Å². The Morgan fingerprint density at radius 1 is 0.406 bits per heavy atom. The number of unbranched alkanes of at least 4 members (excludes halogenated alkanes) is 1. The summed E-state index contributed by atoms with van der Waals surface area (Å²) in [5, 5.41) is 0. The number of benzene rings is 1. The van der Waals surface area contributed by atoms with E-state index in [9.17, 15) is 0 Å². The topological polar surface area (TPSA) is 0 Å². The van der Waals surface area contributed by atoms with Crippen molar-refractivity contribution in [1.82, 2.24) is 0 Å². The molecule has 0 atom stereocenters. The Morgan fingerprint density at radius 2 is 0.625 bits per heavy atom. The molecule has 0 nitrogen and oxygen atoms in total. The van der Waals surface area contributed by atoms with E-state index >= 15 is 0 Å². The smallest absolute Gasteiger partial charge is 0.0281 e. The fraction of sp³-hybridized carbons (Fsp3) is 0.812. The predicted molar refractivity (Wildman–Crippen MR) is 153 cm³/mol. The van der Waals surface area contributed by atoms with Gasteiger partial charge in [0.15, 0.2) is 0 Å². The van der Waals surface area contributed by atoms with Crippen LogP contribution in [0.3, 0.4) is 0 Å². The van der Waals surface area contributed by atoms with Gasteiger partial charge in [-0.15, -0.1) is 0 Å². The SMILES string of the molecule is CCC(C)(CC)CC.CCC(C)(CC)CC.CCCC.CCCc1ccc(CCC)cc1. The van der Waals surface area contributed by atoms with Gasteiger partial charge in [0.2, 0.25) is 0 Å². The molecule has 0 unspecified atom stereocenters. The lowest BCUT2D eigenvalue weighted by molar-refractivity contribution is 0.286. The molecule has 0 bridgehead atoms. The molecule has 0 saturated heterocycles. The van der Waals surface area contributed by atoms with Crippen LogP contribution in [0.5, 0.6) is 0 Å². The van der Waals surface area contributed by atoms with E-state index in [1.54, 1.807) is 0 Å². The van der Waals surface area contributed by atoms with Crippen LogP contribution in [0.25, 0.3) is 0 Å². The summed E-state index contributed by atoms with van der Waals surface area (Å²) in [6, 6.07) is 9.03. The molecule has 0 aliphatic heterocycles. The van der Waals surface area contributed by atoms with Crippen molar-refractivity contribution in [3.63, 3.8) is 0 Å². The van der Waals surface area contributed by atoms with Crippen LogP contribution < -0.4 is 0 Å². The van der Waals surface area contributed by atoms with Gasteiger partial charge in [-0.25, -0.2) is 0 Å². The van der Waals surface area contributed by atoms with Crippen LogP contribution in [0.15, 0.2) is 24.3 Å². The maximum Gasteiger partial charge on any atom is -0.0281 e. The van der Waals surface area contributed by atoms with Crippen molar-refractivity contribution < 1.29 is 0 Å². The summed E-state index contributed by atoms with van der Waals surface area (Å²) >= 11 is 0. The fourth-order valence-corrected chi connectivity index (χ4v) is 2.95. The third-order valence-electron chi connectivity index (χ3n) is 7.72. The number of rotatable bonds is 11. The molecule has 0 heterocycles. The molecule has 0 fully saturated rings. The molecule has 0 amide bonds. The van der Waals surface area contributed by atoms with Gasteiger partial charge in [-0.1, -0.05) is 172 Å². The molecule has 192 valence electrons.